The molecule has 2 N–H and O–H groups in total. The topological polar surface area (TPSA) is 48.1 Å². The highest BCUT2D eigenvalue weighted by Crippen LogP contribution is 2.21. The van der Waals surface area contributed by atoms with Gasteiger partial charge in [-0.3, -0.25) is 0 Å². The maximum absolute atomic E-state index is 5.81. The van der Waals surface area contributed by atoms with Gasteiger partial charge in [0.15, 0.2) is 0 Å². The van der Waals surface area contributed by atoms with Gasteiger partial charge < -0.3 is 10.5 Å². The zero-order valence-corrected chi connectivity index (χ0v) is 11.7. The first-order chi connectivity index (χ1) is 8.69. The summed E-state index contributed by atoms with van der Waals surface area (Å²) in [6.07, 6.45) is 0.879. The van der Waals surface area contributed by atoms with Crippen LogP contribution >= 0.6 is 22.9 Å². The largest absolute Gasteiger partial charge is 0.486 e. The second kappa shape index (κ2) is 6.18. The molecular weight excluding hydrogens is 268 g/mol. The maximum Gasteiger partial charge on any atom is 0.140 e. The molecule has 0 radical (unpaired) electrons. The summed E-state index contributed by atoms with van der Waals surface area (Å²) in [5.41, 5.74) is 6.61. The van der Waals surface area contributed by atoms with E-state index in [9.17, 15) is 0 Å². The van der Waals surface area contributed by atoms with E-state index in [1.165, 1.54) is 4.88 Å². The van der Waals surface area contributed by atoms with E-state index < -0.39 is 0 Å². The van der Waals surface area contributed by atoms with E-state index in [0.717, 1.165) is 22.9 Å². The third-order valence-electron chi connectivity index (χ3n) is 2.48. The Morgan fingerprint density at radius 2 is 2.06 bits per heavy atom. The third-order valence-corrected chi connectivity index (χ3v) is 3.93. The third kappa shape index (κ3) is 3.45. The van der Waals surface area contributed by atoms with Crippen LogP contribution in [-0.4, -0.2) is 11.5 Å². The van der Waals surface area contributed by atoms with Crippen molar-refractivity contribution in [3.8, 4) is 5.75 Å². The summed E-state index contributed by atoms with van der Waals surface area (Å²) >= 11 is 7.47. The van der Waals surface area contributed by atoms with Gasteiger partial charge in [0.05, 0.1) is 5.69 Å². The Balaban J connectivity index is 1.97. The number of thiazole rings is 1. The minimum atomic E-state index is 0.484. The molecule has 0 saturated carbocycles. The van der Waals surface area contributed by atoms with Crippen molar-refractivity contribution in [2.24, 2.45) is 5.73 Å². The Morgan fingerprint density at radius 3 is 2.72 bits per heavy atom. The number of benzene rings is 1. The predicted molar refractivity (Wildman–Crippen MR) is 75.4 cm³/mol. The molecular formula is C13H15ClN2OS. The van der Waals surface area contributed by atoms with Crippen molar-refractivity contribution >= 4 is 22.9 Å². The van der Waals surface area contributed by atoms with Crippen LogP contribution in [0, 0.1) is 6.92 Å². The molecule has 2 aromatic rings. The van der Waals surface area contributed by atoms with Crippen LogP contribution in [-0.2, 0) is 13.0 Å². The fourth-order valence-corrected chi connectivity index (χ4v) is 2.71. The second-order valence-electron chi connectivity index (χ2n) is 3.90. The molecule has 0 atom stereocenters. The van der Waals surface area contributed by atoms with Crippen molar-refractivity contribution in [3.05, 3.63) is 44.9 Å². The number of aromatic nitrogens is 1. The zero-order valence-electron chi connectivity index (χ0n) is 10.1. The average Bonchev–Trinajstić information content (AvgIpc) is 2.70. The molecule has 0 fully saturated rings. The SMILES string of the molecule is Cc1nc(COc2ccc(Cl)cc2)sc1CCN. The standard InChI is InChI=1S/C13H15ClN2OS/c1-9-12(6-7-15)18-13(16-9)8-17-11-4-2-10(14)3-5-11/h2-5H,6-8,15H2,1H3. The molecule has 0 amide bonds. The fraction of sp³-hybridized carbons (Fsp3) is 0.308. The molecule has 0 bridgehead atoms. The van der Waals surface area contributed by atoms with Crippen molar-refractivity contribution < 1.29 is 4.74 Å². The molecule has 1 aromatic heterocycles. The predicted octanol–water partition coefficient (Wildman–Crippen LogP) is 3.19. The number of nitrogens with two attached hydrogens (primary N) is 1. The van der Waals surface area contributed by atoms with Gasteiger partial charge in [-0.1, -0.05) is 11.6 Å². The molecule has 0 aliphatic carbocycles. The lowest BCUT2D eigenvalue weighted by Gasteiger charge is -2.03. The summed E-state index contributed by atoms with van der Waals surface area (Å²) in [6.45, 7) is 3.14. The highest BCUT2D eigenvalue weighted by atomic mass is 35.5. The average molecular weight is 283 g/mol. The van der Waals surface area contributed by atoms with E-state index in [-0.39, 0.29) is 0 Å². The Kier molecular flexibility index (Phi) is 4.58. The number of ether oxygens (including phenoxy) is 1. The van der Waals surface area contributed by atoms with Gasteiger partial charge in [0.1, 0.15) is 17.4 Å². The fourth-order valence-electron chi connectivity index (χ4n) is 1.59. The highest BCUT2D eigenvalue weighted by molar-refractivity contribution is 7.11. The lowest BCUT2D eigenvalue weighted by atomic mass is 10.3. The second-order valence-corrected chi connectivity index (χ2v) is 5.50. The lowest BCUT2D eigenvalue weighted by molar-refractivity contribution is 0.305. The van der Waals surface area contributed by atoms with Gasteiger partial charge in [0, 0.05) is 9.90 Å². The smallest absolute Gasteiger partial charge is 0.140 e. The summed E-state index contributed by atoms with van der Waals surface area (Å²) in [4.78, 5) is 5.72. The van der Waals surface area contributed by atoms with Gasteiger partial charge in [0.2, 0.25) is 0 Å². The quantitative estimate of drug-likeness (QED) is 0.916. The van der Waals surface area contributed by atoms with Crippen LogP contribution in [0.1, 0.15) is 15.6 Å². The van der Waals surface area contributed by atoms with Crippen LogP contribution in [0.25, 0.3) is 0 Å². The van der Waals surface area contributed by atoms with Gasteiger partial charge in [0.25, 0.3) is 0 Å². The molecule has 96 valence electrons. The van der Waals surface area contributed by atoms with Gasteiger partial charge in [-0.15, -0.1) is 11.3 Å². The number of hydrogen-bond donors (Lipinski definition) is 1. The van der Waals surface area contributed by atoms with Crippen LogP contribution in [0.3, 0.4) is 0 Å². The molecule has 3 nitrogen and oxygen atoms in total. The minimum absolute atomic E-state index is 0.484. The minimum Gasteiger partial charge on any atom is -0.486 e. The molecule has 2 rings (SSSR count). The highest BCUT2D eigenvalue weighted by Gasteiger charge is 2.07. The molecule has 0 saturated heterocycles. The van der Waals surface area contributed by atoms with Gasteiger partial charge >= 0.3 is 0 Å². The molecule has 0 unspecified atom stereocenters. The molecule has 18 heavy (non-hydrogen) atoms. The van der Waals surface area contributed by atoms with Crippen LogP contribution in [0.4, 0.5) is 0 Å². The Hall–Kier alpha value is -1.10. The summed E-state index contributed by atoms with van der Waals surface area (Å²) in [5, 5.41) is 1.68. The van der Waals surface area contributed by atoms with Crippen molar-refractivity contribution in [1.29, 1.82) is 0 Å². The monoisotopic (exact) mass is 282 g/mol. The van der Waals surface area contributed by atoms with Gasteiger partial charge in [-0.25, -0.2) is 4.98 Å². The van der Waals surface area contributed by atoms with Crippen LogP contribution in [0.15, 0.2) is 24.3 Å². The Labute approximate surface area is 116 Å². The summed E-state index contributed by atoms with van der Waals surface area (Å²) in [5.74, 6) is 0.799. The first kappa shape index (κ1) is 13.3. The van der Waals surface area contributed by atoms with E-state index in [0.29, 0.717) is 18.2 Å². The number of nitrogens with zero attached hydrogens (tertiary/aromatic N) is 1. The zero-order chi connectivity index (χ0) is 13.0. The van der Waals surface area contributed by atoms with Crippen LogP contribution in [0.2, 0.25) is 5.02 Å². The number of halogens is 1. The Bertz CT molecular complexity index is 510. The number of rotatable bonds is 5. The van der Waals surface area contributed by atoms with Gasteiger partial charge in [-0.05, 0) is 44.2 Å². The normalized spacial score (nSPS) is 10.6. The molecule has 0 spiro atoms. The van der Waals surface area contributed by atoms with Crippen molar-refractivity contribution in [2.45, 2.75) is 20.0 Å². The lowest BCUT2D eigenvalue weighted by Crippen LogP contribution is -2.01. The van der Waals surface area contributed by atoms with E-state index in [1.807, 2.05) is 31.2 Å². The van der Waals surface area contributed by atoms with E-state index in [2.05, 4.69) is 4.98 Å². The van der Waals surface area contributed by atoms with E-state index in [4.69, 9.17) is 22.1 Å². The first-order valence-corrected chi connectivity index (χ1v) is 6.92. The van der Waals surface area contributed by atoms with E-state index >= 15 is 0 Å². The van der Waals surface area contributed by atoms with Crippen molar-refractivity contribution in [1.82, 2.24) is 4.98 Å². The molecule has 5 heteroatoms. The summed E-state index contributed by atoms with van der Waals surface area (Å²) in [6, 6.07) is 7.32. The van der Waals surface area contributed by atoms with Gasteiger partial charge in [-0.2, -0.15) is 0 Å². The number of hydrogen-bond acceptors (Lipinski definition) is 4. The molecule has 0 aliphatic rings. The molecule has 0 aliphatic heterocycles. The first-order valence-electron chi connectivity index (χ1n) is 5.72. The maximum atomic E-state index is 5.81. The summed E-state index contributed by atoms with van der Waals surface area (Å²) in [7, 11) is 0. The summed E-state index contributed by atoms with van der Waals surface area (Å²) < 4.78 is 5.65. The van der Waals surface area contributed by atoms with E-state index in [1.54, 1.807) is 11.3 Å². The van der Waals surface area contributed by atoms with Crippen molar-refractivity contribution in [3.63, 3.8) is 0 Å². The Morgan fingerprint density at radius 1 is 1.33 bits per heavy atom. The number of aryl methyl sites for hydroxylation is 1. The van der Waals surface area contributed by atoms with Crippen LogP contribution in [0.5, 0.6) is 5.75 Å². The van der Waals surface area contributed by atoms with Crippen molar-refractivity contribution in [2.75, 3.05) is 6.54 Å². The molecule has 1 aromatic carbocycles. The van der Waals surface area contributed by atoms with Crippen LogP contribution < -0.4 is 10.5 Å². The molecule has 1 heterocycles.